The molecule has 0 saturated heterocycles. The van der Waals surface area contributed by atoms with Crippen LogP contribution in [0.4, 0.5) is 0 Å². The molecule has 0 heterocycles. The van der Waals surface area contributed by atoms with E-state index in [0.717, 1.165) is 100 Å². The maximum absolute atomic E-state index is 7.38. The molecule has 0 aliphatic heterocycles. The van der Waals surface area contributed by atoms with Crippen molar-refractivity contribution >= 4 is 185 Å². The molecule has 0 saturated carbocycles. The maximum atomic E-state index is 7.38. The highest BCUT2D eigenvalue weighted by atomic mass is 28.5. The molecule has 0 aliphatic carbocycles. The summed E-state index contributed by atoms with van der Waals surface area (Å²) in [6, 6.07) is 10.9. The van der Waals surface area contributed by atoms with Gasteiger partial charge in [0.15, 0.2) is 99.8 Å². The SMILES string of the molecule is CCCC[Si](C)(C)O[Si](C)(C)O[Si](C)(C)CCCOCCOC.CCCC[Si](C)(C)O[Si](C)(C)O[Si](C)(C)CCCOCCOCCC[Si](C)(C)O[Si](C)(C)O[Si](C)(C)CCCC.CCCC[Si](C)(C)O[Si](C)(C)O[Si](C)(C)C[Si](C)(O[Si](C)(C)C)O[Si](C)(CCCOCCOC)O[Si](C)(C)O[Si](C)(C)C.CCC[Si](C)(O[Si](C)(C)O[Si](C)(C)C)O[Si](C)(CCCOCCOC)O[Si](C)(C)C. The lowest BCUT2D eigenvalue weighted by molar-refractivity contribution is 0.0478. The van der Waals surface area contributed by atoms with Crippen LogP contribution in [-0.4, -0.2) is 293 Å². The van der Waals surface area contributed by atoms with Gasteiger partial charge in [0, 0.05) is 60.0 Å². The lowest BCUT2D eigenvalue weighted by Crippen LogP contribution is -2.63. The van der Waals surface area contributed by atoms with Crippen molar-refractivity contribution in [2.75, 3.05) is 107 Å². The summed E-state index contributed by atoms with van der Waals surface area (Å²) in [6.07, 6.45) is 15.9. The second-order valence-electron chi connectivity index (χ2n) is 50.0. The van der Waals surface area contributed by atoms with Crippen LogP contribution in [0.5, 0.6) is 0 Å². The van der Waals surface area contributed by atoms with Crippen LogP contribution >= 0.6 is 0 Å². The smallest absolute Gasteiger partial charge is 0.317 e. The normalized spacial score (nSPS) is 15.8. The predicted octanol–water partition coefficient (Wildman–Crippen LogP) is 29.8. The number of hydrogen-bond acceptors (Lipinski definition) is 24. The van der Waals surface area contributed by atoms with Crippen molar-refractivity contribution in [2.45, 2.75) is 479 Å². The number of methoxy groups -OCH3 is 3. The molecule has 46 heteroatoms. The van der Waals surface area contributed by atoms with E-state index in [9.17, 15) is 0 Å². The molecule has 24 nitrogen and oxygen atoms in total. The summed E-state index contributed by atoms with van der Waals surface area (Å²) < 4.78 is 153. The van der Waals surface area contributed by atoms with E-state index in [2.05, 4.69) is 323 Å². The highest BCUT2D eigenvalue weighted by molar-refractivity contribution is 6.99. The van der Waals surface area contributed by atoms with Crippen LogP contribution in [0.2, 0.25) is 354 Å². The minimum Gasteiger partial charge on any atom is -0.437 e. The van der Waals surface area contributed by atoms with E-state index in [1.54, 1.807) is 21.3 Å². The van der Waals surface area contributed by atoms with Gasteiger partial charge in [-0.15, -0.1) is 0 Å². The fraction of sp³-hybridized carbons (Fsp3) is 1.00. The van der Waals surface area contributed by atoms with Gasteiger partial charge in [-0.2, -0.15) is 0 Å². The van der Waals surface area contributed by atoms with Crippen LogP contribution in [0.3, 0.4) is 0 Å². The van der Waals surface area contributed by atoms with Gasteiger partial charge in [0.2, 0.25) is 0 Å². The molecule has 0 spiro atoms. The van der Waals surface area contributed by atoms with Crippen molar-refractivity contribution in [3.63, 3.8) is 0 Å². The van der Waals surface area contributed by atoms with Gasteiger partial charge in [0.05, 0.1) is 52.9 Å². The van der Waals surface area contributed by atoms with Gasteiger partial charge in [-0.3, -0.25) is 0 Å². The number of rotatable bonds is 80. The maximum Gasteiger partial charge on any atom is 0.317 e. The molecule has 0 aromatic heterocycles. The lowest BCUT2D eigenvalue weighted by atomic mass is 10.4. The Labute approximate surface area is 867 Å². The van der Waals surface area contributed by atoms with Gasteiger partial charge < -0.3 is 104 Å². The Balaban J connectivity index is -0.000000875. The second kappa shape index (κ2) is 67.4. The van der Waals surface area contributed by atoms with Crippen LogP contribution in [0.25, 0.3) is 0 Å². The third kappa shape index (κ3) is 87.4. The Morgan fingerprint density at radius 2 is 0.316 bits per heavy atom. The monoisotopic (exact) mass is 2310 g/mol. The molecule has 0 radical (unpaired) electrons. The summed E-state index contributed by atoms with van der Waals surface area (Å²) in [5.74, 6) is 0. The molecule has 0 rings (SSSR count). The Morgan fingerprint density at radius 1 is 0.140 bits per heavy atom. The molecule has 0 amide bonds. The Hall–Kier alpha value is 3.81. The number of hydrogen-bond donors (Lipinski definition) is 0. The standard InChI is InChI=1S/C28H70O6Si6.C27H72O8Si8.C19H50O6Si5.C16H40O4Si3/c1-15-17-25-35(3,4)31-39(11,12)33-37(7,8)27-19-21-29-23-24-30-22-20-28-38(9,10)34-40(13,14)32-36(5,6)26-18-16-2;1-19-20-25-38(9,10)32-41(15,16)33-39(11,12)27-43(18,31-37(6,7)8)35-42(17,26-21-22-29-24-23-28-2)34-40(13,14)30-36(3,4)5;1-13-18-29(11,24-28(9,10)22-26(3,4)5)25-30(12,23-27(6,7)8)19-14-15-21-17-16-20-2;1-9-10-15-21(3,4)19-23(7,8)20-22(5,6)16-11-12-18-14-13-17-2/h15-28H2,1-14H3;19-27H2,1-18H3;13-19H2,1-12H3;9-16H2,1-8H3. The van der Waals surface area contributed by atoms with Gasteiger partial charge in [0.25, 0.3) is 0 Å². The van der Waals surface area contributed by atoms with Gasteiger partial charge in [-0.1, -0.05) is 92.4 Å². The van der Waals surface area contributed by atoms with E-state index in [-0.39, 0.29) is 0 Å². The van der Waals surface area contributed by atoms with Crippen molar-refractivity contribution in [2.24, 2.45) is 0 Å². The lowest BCUT2D eigenvalue weighted by Gasteiger charge is -2.46. The minimum atomic E-state index is -2.74. The summed E-state index contributed by atoms with van der Waals surface area (Å²) >= 11 is 0. The minimum absolute atomic E-state index is 0.595. The summed E-state index contributed by atoms with van der Waals surface area (Å²) in [5.41, 5.74) is 0.841. The van der Waals surface area contributed by atoms with Crippen LogP contribution in [0, 0.1) is 0 Å². The van der Waals surface area contributed by atoms with Crippen LogP contribution in [0.15, 0.2) is 0 Å². The second-order valence-corrected chi connectivity index (χ2v) is 140. The van der Waals surface area contributed by atoms with E-state index >= 15 is 0 Å². The Bertz CT molecular complexity index is 2970. The number of unbranched alkanes of at least 4 members (excludes halogenated alkanes) is 4. The first-order chi connectivity index (χ1) is 61.2. The van der Waals surface area contributed by atoms with Crippen LogP contribution < -0.4 is 0 Å². The van der Waals surface area contributed by atoms with E-state index in [4.69, 9.17) is 104 Å². The van der Waals surface area contributed by atoms with E-state index in [1.807, 2.05) is 0 Å². The van der Waals surface area contributed by atoms with Gasteiger partial charge in [-0.05, 0) is 381 Å². The zero-order valence-electron chi connectivity index (χ0n) is 99.7. The summed E-state index contributed by atoms with van der Waals surface area (Å²) in [6.45, 7) is 120. The first-order valence-corrected chi connectivity index (χ1v) is 118. The van der Waals surface area contributed by atoms with Crippen molar-refractivity contribution in [1.29, 1.82) is 0 Å². The van der Waals surface area contributed by atoms with Crippen molar-refractivity contribution in [3.05, 3.63) is 0 Å². The molecule has 0 fully saturated rings. The van der Waals surface area contributed by atoms with Crippen molar-refractivity contribution in [3.8, 4) is 0 Å². The zero-order chi connectivity index (χ0) is 107. The summed E-state index contributed by atoms with van der Waals surface area (Å²) in [5, 5.41) is 0. The van der Waals surface area contributed by atoms with Gasteiger partial charge >= 0.3 is 85.6 Å². The molecule has 0 aromatic carbocycles. The highest BCUT2D eigenvalue weighted by Gasteiger charge is 2.55. The van der Waals surface area contributed by atoms with E-state index in [0.29, 0.717) is 66.1 Å². The molecule has 136 heavy (non-hydrogen) atoms. The third-order valence-corrected chi connectivity index (χ3v) is 107. The summed E-state index contributed by atoms with van der Waals surface area (Å²) in [7, 11) is -40.0. The zero-order valence-corrected chi connectivity index (χ0v) is 122. The fourth-order valence-electron chi connectivity index (χ4n) is 18.5. The third-order valence-electron chi connectivity index (χ3n) is 20.8. The Morgan fingerprint density at radius 3 is 0.529 bits per heavy atom. The van der Waals surface area contributed by atoms with Crippen LogP contribution in [0.1, 0.15) is 125 Å². The number of ether oxygens (including phenoxy) is 8. The van der Waals surface area contributed by atoms with Crippen molar-refractivity contribution in [1.82, 2.24) is 0 Å². The highest BCUT2D eigenvalue weighted by Crippen LogP contribution is 2.39. The van der Waals surface area contributed by atoms with Gasteiger partial charge in [-0.25, -0.2) is 0 Å². The Kier molecular flexibility index (Phi) is 72.4. The molecule has 0 aliphatic rings. The molecule has 0 bridgehead atoms. The fourth-order valence-corrected chi connectivity index (χ4v) is 129. The quantitative estimate of drug-likeness (QED) is 0.0408. The molecule has 4 atom stereocenters. The summed E-state index contributed by atoms with van der Waals surface area (Å²) in [4.78, 5) is 0. The van der Waals surface area contributed by atoms with Crippen molar-refractivity contribution < 1.29 is 104 Å². The first kappa shape index (κ1) is 146. The van der Waals surface area contributed by atoms with Crippen LogP contribution in [-0.2, 0) is 104 Å². The largest absolute Gasteiger partial charge is 0.437 e. The topological polar surface area (TPSA) is 222 Å². The molecular formula is C90H232O24Si22. The average molecular weight is 2320 g/mol. The first-order valence-electron chi connectivity index (χ1n) is 52.8. The van der Waals surface area contributed by atoms with E-state index < -0.39 is 185 Å². The molecule has 824 valence electrons. The molecule has 0 aromatic rings. The molecular weight excluding hydrogens is 2080 g/mol. The van der Waals surface area contributed by atoms with E-state index in [1.165, 1.54) is 75.5 Å². The van der Waals surface area contributed by atoms with Gasteiger partial charge in [0.1, 0.15) is 0 Å². The predicted molar refractivity (Wildman–Crippen MR) is 638 cm³/mol. The molecule has 0 N–H and O–H groups in total. The molecule has 4 unspecified atom stereocenters. The average Bonchev–Trinajstić information content (AvgIpc) is 0.785.